The average Bonchev–Trinajstić information content (AvgIpc) is 2.72. The molecule has 21 heavy (non-hydrogen) atoms. The number of hydrogen-bond acceptors (Lipinski definition) is 6. The van der Waals surface area contributed by atoms with Crippen molar-refractivity contribution in [3.8, 4) is 0 Å². The molecule has 5 N–H and O–H groups in total. The zero-order valence-corrected chi connectivity index (χ0v) is 12.0. The summed E-state index contributed by atoms with van der Waals surface area (Å²) in [4.78, 5) is 42.5. The molecule has 0 radical (unpaired) electrons. The van der Waals surface area contributed by atoms with Gasteiger partial charge in [-0.15, -0.1) is 0 Å². The molecule has 1 aromatic heterocycles. The molecule has 2 unspecified atom stereocenters. The van der Waals surface area contributed by atoms with Crippen LogP contribution in [0.1, 0.15) is 18.2 Å². The zero-order chi connectivity index (χ0) is 15.8. The molecule has 1 aliphatic heterocycles. The van der Waals surface area contributed by atoms with Gasteiger partial charge in [0.1, 0.15) is 6.23 Å². The van der Waals surface area contributed by atoms with Crippen molar-refractivity contribution in [1.29, 1.82) is 0 Å². The van der Waals surface area contributed by atoms with Gasteiger partial charge in [-0.3, -0.25) is 18.9 Å². The first kappa shape index (κ1) is 16.1. The van der Waals surface area contributed by atoms with Crippen LogP contribution in [0.25, 0.3) is 0 Å². The van der Waals surface area contributed by atoms with Crippen LogP contribution in [0.15, 0.2) is 15.8 Å². The van der Waals surface area contributed by atoms with Gasteiger partial charge in [0.05, 0.1) is 12.7 Å². The molecule has 0 aliphatic carbocycles. The summed E-state index contributed by atoms with van der Waals surface area (Å²) in [7, 11) is -4.61. The van der Waals surface area contributed by atoms with Gasteiger partial charge in [-0.05, 0) is 6.92 Å². The fraction of sp³-hybridized carbons (Fsp3) is 0.600. The maximum absolute atomic E-state index is 11.7. The van der Waals surface area contributed by atoms with E-state index in [1.807, 2.05) is 0 Å². The van der Waals surface area contributed by atoms with Crippen LogP contribution in [0.4, 0.5) is 0 Å². The van der Waals surface area contributed by atoms with Crippen molar-refractivity contribution in [2.24, 2.45) is 5.73 Å². The normalized spacial score (nSPS) is 26.2. The van der Waals surface area contributed by atoms with E-state index in [9.17, 15) is 14.2 Å². The lowest BCUT2D eigenvalue weighted by Crippen LogP contribution is -2.33. The second-order valence-corrected chi connectivity index (χ2v) is 6.03. The Balaban J connectivity index is 2.14. The molecular weight excluding hydrogens is 305 g/mol. The van der Waals surface area contributed by atoms with Crippen LogP contribution >= 0.6 is 7.82 Å². The molecule has 10 nitrogen and oxygen atoms in total. The SMILES string of the molecule is Cc1cn(C2CC(N)[C@@H](COP(=O)(O)O)O2)c(=O)[nH]c1=O. The molecule has 0 aromatic carbocycles. The molecule has 1 aromatic rings. The molecule has 1 fully saturated rings. The third-order valence-corrected chi connectivity index (χ3v) is 3.63. The second kappa shape index (κ2) is 5.84. The Labute approximate surface area is 118 Å². The number of ether oxygens (including phenoxy) is 1. The Morgan fingerprint density at radius 2 is 2.24 bits per heavy atom. The molecule has 0 saturated carbocycles. The Bertz CT molecular complexity index is 678. The molecule has 2 heterocycles. The summed E-state index contributed by atoms with van der Waals surface area (Å²) in [5.41, 5.74) is 5.02. The van der Waals surface area contributed by atoms with E-state index in [1.54, 1.807) is 0 Å². The highest BCUT2D eigenvalue weighted by atomic mass is 31.2. The maximum Gasteiger partial charge on any atom is 0.469 e. The molecule has 0 bridgehead atoms. The predicted molar refractivity (Wildman–Crippen MR) is 70.6 cm³/mol. The number of hydrogen-bond donors (Lipinski definition) is 4. The Morgan fingerprint density at radius 1 is 1.57 bits per heavy atom. The molecular formula is C10H16N3O7P. The van der Waals surface area contributed by atoms with Crippen molar-refractivity contribution in [1.82, 2.24) is 9.55 Å². The van der Waals surface area contributed by atoms with Crippen molar-refractivity contribution in [2.45, 2.75) is 31.7 Å². The second-order valence-electron chi connectivity index (χ2n) is 4.79. The van der Waals surface area contributed by atoms with Crippen molar-refractivity contribution in [3.63, 3.8) is 0 Å². The molecule has 3 atom stereocenters. The molecule has 0 amide bonds. The third kappa shape index (κ3) is 3.88. The number of H-pyrrole nitrogens is 1. The minimum atomic E-state index is -4.61. The van der Waals surface area contributed by atoms with E-state index in [0.29, 0.717) is 5.56 Å². The van der Waals surface area contributed by atoms with Crippen LogP contribution in [0, 0.1) is 6.92 Å². The lowest BCUT2D eigenvalue weighted by molar-refractivity contribution is -0.0268. The fourth-order valence-corrected chi connectivity index (χ4v) is 2.40. The smallest absolute Gasteiger partial charge is 0.351 e. The summed E-state index contributed by atoms with van der Waals surface area (Å²) in [6.07, 6.45) is 0.112. The van der Waals surface area contributed by atoms with Crippen molar-refractivity contribution < 1.29 is 23.6 Å². The third-order valence-electron chi connectivity index (χ3n) is 3.15. The van der Waals surface area contributed by atoms with Gasteiger partial charge in [0.2, 0.25) is 0 Å². The van der Waals surface area contributed by atoms with Crippen LogP contribution < -0.4 is 17.0 Å². The number of nitrogens with zero attached hydrogens (tertiary/aromatic N) is 1. The number of aryl methyl sites for hydroxylation is 1. The van der Waals surface area contributed by atoms with Gasteiger partial charge in [-0.25, -0.2) is 9.36 Å². The number of phosphoric acid groups is 1. The minimum absolute atomic E-state index is 0.251. The van der Waals surface area contributed by atoms with Crippen LogP contribution in [0.2, 0.25) is 0 Å². The standard InChI is InChI=1S/C10H16N3O7P/c1-5-3-13(10(15)12-9(5)14)8-2-6(11)7(20-8)4-19-21(16,17)18/h3,6-8H,2,4,11H2,1H3,(H,12,14,15)(H2,16,17,18)/t6?,7-,8?/m1/s1. The lowest BCUT2D eigenvalue weighted by atomic mass is 10.1. The summed E-state index contributed by atoms with van der Waals surface area (Å²) >= 11 is 0. The lowest BCUT2D eigenvalue weighted by Gasteiger charge is -2.16. The van der Waals surface area contributed by atoms with E-state index in [-0.39, 0.29) is 13.0 Å². The highest BCUT2D eigenvalue weighted by Crippen LogP contribution is 2.37. The van der Waals surface area contributed by atoms with E-state index in [2.05, 4.69) is 9.51 Å². The van der Waals surface area contributed by atoms with Gasteiger partial charge < -0.3 is 20.3 Å². The zero-order valence-electron chi connectivity index (χ0n) is 11.1. The van der Waals surface area contributed by atoms with Crippen molar-refractivity contribution in [3.05, 3.63) is 32.6 Å². The van der Waals surface area contributed by atoms with Gasteiger partial charge in [0, 0.05) is 24.2 Å². The van der Waals surface area contributed by atoms with Crippen LogP contribution in [0.3, 0.4) is 0 Å². The van der Waals surface area contributed by atoms with Crippen LogP contribution in [-0.4, -0.2) is 38.1 Å². The molecule has 1 aliphatic rings. The highest BCUT2D eigenvalue weighted by Gasteiger charge is 2.36. The number of rotatable bonds is 4. The van der Waals surface area contributed by atoms with Crippen LogP contribution in [-0.2, 0) is 13.8 Å². The molecule has 1 saturated heterocycles. The van der Waals surface area contributed by atoms with E-state index < -0.39 is 37.4 Å². The fourth-order valence-electron chi connectivity index (χ4n) is 2.06. The Hall–Kier alpha value is -1.29. The maximum atomic E-state index is 11.7. The summed E-state index contributed by atoms with van der Waals surface area (Å²) in [5, 5.41) is 0. The molecule has 2 rings (SSSR count). The van der Waals surface area contributed by atoms with Crippen molar-refractivity contribution >= 4 is 7.82 Å². The summed E-state index contributed by atoms with van der Waals surface area (Å²) in [5.74, 6) is 0. The summed E-state index contributed by atoms with van der Waals surface area (Å²) in [6, 6.07) is -0.555. The van der Waals surface area contributed by atoms with Crippen LogP contribution in [0.5, 0.6) is 0 Å². The Morgan fingerprint density at radius 3 is 2.86 bits per heavy atom. The number of aromatic nitrogens is 2. The summed E-state index contributed by atoms with van der Waals surface area (Å²) in [6.45, 7) is 1.15. The van der Waals surface area contributed by atoms with Gasteiger partial charge in [-0.1, -0.05) is 0 Å². The van der Waals surface area contributed by atoms with Crippen molar-refractivity contribution in [2.75, 3.05) is 6.61 Å². The van der Waals surface area contributed by atoms with E-state index in [1.165, 1.54) is 17.7 Å². The number of aromatic amines is 1. The first-order valence-corrected chi connectivity index (χ1v) is 7.63. The minimum Gasteiger partial charge on any atom is -0.351 e. The average molecular weight is 321 g/mol. The molecule has 0 spiro atoms. The van der Waals surface area contributed by atoms with Gasteiger partial charge in [0.25, 0.3) is 5.56 Å². The number of phosphoric ester groups is 1. The first-order chi connectivity index (χ1) is 9.67. The summed E-state index contributed by atoms with van der Waals surface area (Å²) < 4.78 is 21.7. The monoisotopic (exact) mass is 321 g/mol. The largest absolute Gasteiger partial charge is 0.469 e. The van der Waals surface area contributed by atoms with Gasteiger partial charge in [0.15, 0.2) is 0 Å². The number of nitrogens with one attached hydrogen (secondary N) is 1. The van der Waals surface area contributed by atoms with Gasteiger partial charge in [-0.2, -0.15) is 0 Å². The molecule has 11 heteroatoms. The quantitative estimate of drug-likeness (QED) is 0.491. The van der Waals surface area contributed by atoms with Gasteiger partial charge >= 0.3 is 13.5 Å². The van der Waals surface area contributed by atoms with E-state index >= 15 is 0 Å². The Kier molecular flexibility index (Phi) is 4.47. The predicted octanol–water partition coefficient (Wildman–Crippen LogP) is -1.43. The van der Waals surface area contributed by atoms with E-state index in [4.69, 9.17) is 20.3 Å². The number of nitrogens with two attached hydrogens (primary N) is 1. The highest BCUT2D eigenvalue weighted by molar-refractivity contribution is 7.46. The van der Waals surface area contributed by atoms with E-state index in [0.717, 1.165) is 0 Å². The first-order valence-electron chi connectivity index (χ1n) is 6.10. The molecule has 118 valence electrons. The topological polar surface area (TPSA) is 157 Å².